The van der Waals surface area contributed by atoms with Crippen LogP contribution in [-0.4, -0.2) is 14.9 Å². The minimum atomic E-state index is 0.660. The summed E-state index contributed by atoms with van der Waals surface area (Å²) in [5, 5.41) is 12.8. The quantitative estimate of drug-likeness (QED) is 0.761. The Morgan fingerprint density at radius 1 is 1.21 bits per heavy atom. The summed E-state index contributed by atoms with van der Waals surface area (Å²) >= 11 is 0. The summed E-state index contributed by atoms with van der Waals surface area (Å²) in [6.07, 6.45) is 1.65. The third-order valence-corrected chi connectivity index (χ3v) is 3.12. The average molecular weight is 256 g/mol. The molecule has 0 saturated carbocycles. The highest BCUT2D eigenvalue weighted by molar-refractivity contribution is 5.81. The van der Waals surface area contributed by atoms with Crippen molar-refractivity contribution in [3.05, 3.63) is 48.0 Å². The molecule has 1 N–H and O–H groups in total. The van der Waals surface area contributed by atoms with Gasteiger partial charge in [0, 0.05) is 24.5 Å². The monoisotopic (exact) mass is 256 g/mol. The van der Waals surface area contributed by atoms with Crippen molar-refractivity contribution in [3.63, 3.8) is 0 Å². The van der Waals surface area contributed by atoms with Crippen LogP contribution >= 0.6 is 0 Å². The van der Waals surface area contributed by atoms with Crippen molar-refractivity contribution in [1.29, 1.82) is 0 Å². The Morgan fingerprint density at radius 3 is 2.89 bits per heavy atom. The number of rotatable bonds is 5. The van der Waals surface area contributed by atoms with Crippen LogP contribution in [0, 0.1) is 0 Å². The molecule has 0 aliphatic heterocycles. The number of aryl methyl sites for hydroxylation is 1. The lowest BCUT2D eigenvalue weighted by Crippen LogP contribution is -2.13. The van der Waals surface area contributed by atoms with Crippen molar-refractivity contribution in [3.8, 4) is 0 Å². The van der Waals surface area contributed by atoms with Gasteiger partial charge in [-0.15, -0.1) is 0 Å². The molecule has 3 rings (SSSR count). The maximum atomic E-state index is 5.05. The van der Waals surface area contributed by atoms with Gasteiger partial charge in [-0.2, -0.15) is 5.10 Å². The highest BCUT2D eigenvalue weighted by Gasteiger charge is 2.08. The molecule has 3 aromatic rings. The first kappa shape index (κ1) is 11.9. The molecule has 0 spiro atoms. The molecule has 0 saturated heterocycles. The highest BCUT2D eigenvalue weighted by Crippen LogP contribution is 2.18. The second kappa shape index (κ2) is 5.24. The Morgan fingerprint density at radius 2 is 2.11 bits per heavy atom. The van der Waals surface area contributed by atoms with Crippen LogP contribution < -0.4 is 5.32 Å². The van der Waals surface area contributed by atoms with E-state index < -0.39 is 0 Å². The van der Waals surface area contributed by atoms with Gasteiger partial charge < -0.3 is 9.84 Å². The van der Waals surface area contributed by atoms with Gasteiger partial charge in [0.2, 0.25) is 0 Å². The van der Waals surface area contributed by atoms with Crippen LogP contribution in [0.25, 0.3) is 10.9 Å². The maximum Gasteiger partial charge on any atom is 0.150 e. The van der Waals surface area contributed by atoms with E-state index in [1.165, 1.54) is 10.9 Å². The molecule has 0 amide bonds. The van der Waals surface area contributed by atoms with Gasteiger partial charge in [0.15, 0.2) is 0 Å². The topological polar surface area (TPSA) is 55.9 Å². The van der Waals surface area contributed by atoms with E-state index in [0.29, 0.717) is 13.1 Å². The van der Waals surface area contributed by atoms with Crippen LogP contribution in [-0.2, 0) is 19.6 Å². The van der Waals surface area contributed by atoms with Crippen molar-refractivity contribution < 1.29 is 4.52 Å². The lowest BCUT2D eigenvalue weighted by molar-refractivity contribution is 0.372. The lowest BCUT2D eigenvalue weighted by Gasteiger charge is -1.99. The fraction of sp³-hybridized carbons (Fsp3) is 0.286. The molecule has 0 unspecified atom stereocenters. The first-order valence-corrected chi connectivity index (χ1v) is 6.43. The molecule has 19 heavy (non-hydrogen) atoms. The molecule has 2 heterocycles. The summed E-state index contributed by atoms with van der Waals surface area (Å²) in [5.74, 6) is 0.833. The first-order valence-electron chi connectivity index (χ1n) is 6.43. The molecule has 5 nitrogen and oxygen atoms in total. The normalized spacial score (nSPS) is 11.2. The van der Waals surface area contributed by atoms with Crippen molar-refractivity contribution >= 4 is 10.9 Å². The van der Waals surface area contributed by atoms with E-state index in [4.69, 9.17) is 4.52 Å². The Bertz CT molecular complexity index is 657. The Kier molecular flexibility index (Phi) is 3.29. The summed E-state index contributed by atoms with van der Waals surface area (Å²) in [5.41, 5.74) is 2.25. The third kappa shape index (κ3) is 2.37. The van der Waals surface area contributed by atoms with Crippen LogP contribution in [0.2, 0.25) is 0 Å². The maximum absolute atomic E-state index is 5.05. The van der Waals surface area contributed by atoms with Gasteiger partial charge in [0.05, 0.1) is 24.0 Å². The molecule has 2 aromatic heterocycles. The zero-order chi connectivity index (χ0) is 13.1. The molecule has 0 aliphatic carbocycles. The predicted octanol–water partition coefficient (Wildman–Crippen LogP) is 2.33. The van der Waals surface area contributed by atoms with Gasteiger partial charge in [0.25, 0.3) is 0 Å². The van der Waals surface area contributed by atoms with E-state index in [2.05, 4.69) is 34.6 Å². The molecule has 1 aromatic carbocycles. The van der Waals surface area contributed by atoms with Crippen LogP contribution in [0.15, 0.2) is 41.1 Å². The van der Waals surface area contributed by atoms with Crippen molar-refractivity contribution in [2.45, 2.75) is 26.6 Å². The molecular formula is C14H16N4O. The fourth-order valence-electron chi connectivity index (χ4n) is 2.21. The highest BCUT2D eigenvalue weighted by atomic mass is 16.5. The number of hydrogen-bond donors (Lipinski definition) is 1. The fourth-order valence-corrected chi connectivity index (χ4v) is 2.21. The molecular weight excluding hydrogens is 240 g/mol. The number of benzene rings is 1. The van der Waals surface area contributed by atoms with E-state index in [1.807, 2.05) is 22.9 Å². The second-order valence-electron chi connectivity index (χ2n) is 4.36. The van der Waals surface area contributed by atoms with E-state index in [-0.39, 0.29) is 0 Å². The minimum Gasteiger partial charge on any atom is -0.360 e. The van der Waals surface area contributed by atoms with E-state index in [9.17, 15) is 0 Å². The minimum absolute atomic E-state index is 0.660. The van der Waals surface area contributed by atoms with Crippen LogP contribution in [0.5, 0.6) is 0 Å². The van der Waals surface area contributed by atoms with E-state index in [1.54, 1.807) is 6.20 Å². The summed E-state index contributed by atoms with van der Waals surface area (Å²) < 4.78 is 7.08. The smallest absolute Gasteiger partial charge is 0.150 e. The standard InChI is InChI=1S/C14H16N4O/c1-2-18-14-6-4-3-5-12(14)13(17-18)10-15-9-11-7-8-16-19-11/h3-8,15H,2,9-10H2,1H3. The number of nitrogens with one attached hydrogen (secondary N) is 1. The van der Waals surface area contributed by atoms with Gasteiger partial charge in [-0.05, 0) is 13.0 Å². The number of para-hydroxylation sites is 1. The summed E-state index contributed by atoms with van der Waals surface area (Å²) in [6.45, 7) is 4.36. The molecule has 0 aliphatic rings. The molecule has 0 bridgehead atoms. The predicted molar refractivity (Wildman–Crippen MR) is 72.5 cm³/mol. The number of nitrogens with zero attached hydrogens (tertiary/aromatic N) is 3. The number of hydrogen-bond acceptors (Lipinski definition) is 4. The number of fused-ring (bicyclic) bond motifs is 1. The zero-order valence-electron chi connectivity index (χ0n) is 10.8. The Labute approximate surface area is 111 Å². The second-order valence-corrected chi connectivity index (χ2v) is 4.36. The number of aromatic nitrogens is 3. The summed E-state index contributed by atoms with van der Waals surface area (Å²) in [4.78, 5) is 0. The molecule has 98 valence electrons. The van der Waals surface area contributed by atoms with Gasteiger partial charge in [-0.1, -0.05) is 23.4 Å². The Hall–Kier alpha value is -2.14. The molecule has 5 heteroatoms. The van der Waals surface area contributed by atoms with Crippen molar-refractivity contribution in [1.82, 2.24) is 20.3 Å². The van der Waals surface area contributed by atoms with Gasteiger partial charge >= 0.3 is 0 Å². The van der Waals surface area contributed by atoms with Crippen molar-refractivity contribution in [2.24, 2.45) is 0 Å². The van der Waals surface area contributed by atoms with Gasteiger partial charge in [-0.3, -0.25) is 4.68 Å². The first-order chi connectivity index (χ1) is 9.38. The van der Waals surface area contributed by atoms with Crippen LogP contribution in [0.1, 0.15) is 18.4 Å². The largest absolute Gasteiger partial charge is 0.360 e. The van der Waals surface area contributed by atoms with E-state index in [0.717, 1.165) is 18.0 Å². The van der Waals surface area contributed by atoms with Gasteiger partial charge in [0.1, 0.15) is 5.76 Å². The molecule has 0 atom stereocenters. The lowest BCUT2D eigenvalue weighted by atomic mass is 10.2. The molecule has 0 fully saturated rings. The molecule has 0 radical (unpaired) electrons. The van der Waals surface area contributed by atoms with Crippen LogP contribution in [0.3, 0.4) is 0 Å². The zero-order valence-corrected chi connectivity index (χ0v) is 10.8. The summed E-state index contributed by atoms with van der Waals surface area (Å²) in [6, 6.07) is 10.2. The van der Waals surface area contributed by atoms with Crippen molar-refractivity contribution in [2.75, 3.05) is 0 Å². The SMILES string of the molecule is CCn1nc(CNCc2ccno2)c2ccccc21. The summed E-state index contributed by atoms with van der Waals surface area (Å²) in [7, 11) is 0. The van der Waals surface area contributed by atoms with Gasteiger partial charge in [-0.25, -0.2) is 0 Å². The van der Waals surface area contributed by atoms with Crippen LogP contribution in [0.4, 0.5) is 0 Å². The average Bonchev–Trinajstić information content (AvgIpc) is 3.07. The third-order valence-electron chi connectivity index (χ3n) is 3.12. The van der Waals surface area contributed by atoms with E-state index >= 15 is 0 Å². The Balaban J connectivity index is 1.77.